The molecular formula is C23H30O2. The van der Waals surface area contributed by atoms with Crippen molar-refractivity contribution in [3.63, 3.8) is 0 Å². The lowest BCUT2D eigenvalue weighted by Gasteiger charge is -2.08. The average Bonchev–Trinajstić information content (AvgIpc) is 2.61. The highest BCUT2D eigenvalue weighted by atomic mass is 16.3. The van der Waals surface area contributed by atoms with Crippen molar-refractivity contribution in [2.45, 2.75) is 53.4 Å². The van der Waals surface area contributed by atoms with Gasteiger partial charge in [-0.05, 0) is 56.4 Å². The van der Waals surface area contributed by atoms with Crippen LogP contribution >= 0.6 is 0 Å². The molecule has 0 bridgehead atoms. The Morgan fingerprint density at radius 2 is 1.76 bits per heavy atom. The number of rotatable bonds is 6. The number of benzene rings is 2. The summed E-state index contributed by atoms with van der Waals surface area (Å²) in [6, 6.07) is 16.3. The molecule has 0 saturated heterocycles. The van der Waals surface area contributed by atoms with Crippen LogP contribution in [0.2, 0.25) is 0 Å². The number of aliphatic hydroxyl groups excluding tert-OH is 1. The summed E-state index contributed by atoms with van der Waals surface area (Å²) in [5.74, 6) is 0.668. The minimum absolute atomic E-state index is 0.258. The Kier molecular flexibility index (Phi) is 9.31. The molecule has 0 spiro atoms. The van der Waals surface area contributed by atoms with Crippen molar-refractivity contribution >= 4 is 11.5 Å². The summed E-state index contributed by atoms with van der Waals surface area (Å²) in [4.78, 5) is 10.6. The lowest BCUT2D eigenvalue weighted by molar-refractivity contribution is -0.116. The zero-order valence-electron chi connectivity index (χ0n) is 15.9. The molecule has 2 nitrogen and oxygen atoms in total. The number of carbonyl (C=O) groups is 1. The van der Waals surface area contributed by atoms with E-state index in [4.69, 9.17) is 0 Å². The molecule has 0 saturated carbocycles. The van der Waals surface area contributed by atoms with Gasteiger partial charge in [0.2, 0.25) is 0 Å². The summed E-state index contributed by atoms with van der Waals surface area (Å²) in [6.45, 7) is 7.80. The first-order valence-electron chi connectivity index (χ1n) is 9.00. The first-order valence-corrected chi connectivity index (χ1v) is 9.00. The van der Waals surface area contributed by atoms with Crippen molar-refractivity contribution in [2.75, 3.05) is 0 Å². The average molecular weight is 338 g/mol. The molecule has 2 heteroatoms. The van der Waals surface area contributed by atoms with E-state index in [1.54, 1.807) is 6.92 Å². The predicted molar refractivity (Wildman–Crippen MR) is 107 cm³/mol. The number of ketones is 1. The standard InChI is InChI=1S/C13H18O.C10H12O/c1-4-6-13(14)12-9-10(3)7-8-11(12)5-2;1-9(11)7-8-10-5-3-2-4-6-10/h6-9,14H,4-5H2,1-3H3;2-6H,7-8H2,1H3. The minimum atomic E-state index is 0.258. The lowest BCUT2D eigenvalue weighted by Crippen LogP contribution is -1.92. The van der Waals surface area contributed by atoms with Crippen LogP contribution in [0.5, 0.6) is 0 Å². The number of carbonyl (C=O) groups excluding carboxylic acids is 1. The SMILES string of the molecule is CC(=O)CCc1ccccc1.CCC=C(O)c1cc(C)ccc1CC. The van der Waals surface area contributed by atoms with Crippen molar-refractivity contribution in [2.24, 2.45) is 0 Å². The Morgan fingerprint density at radius 1 is 1.08 bits per heavy atom. The molecule has 2 aromatic rings. The summed E-state index contributed by atoms with van der Waals surface area (Å²) >= 11 is 0. The highest BCUT2D eigenvalue weighted by Crippen LogP contribution is 2.19. The van der Waals surface area contributed by atoms with Gasteiger partial charge in [0, 0.05) is 12.0 Å². The van der Waals surface area contributed by atoms with Gasteiger partial charge < -0.3 is 9.90 Å². The molecule has 2 aromatic carbocycles. The van der Waals surface area contributed by atoms with Gasteiger partial charge in [-0.3, -0.25) is 0 Å². The van der Waals surface area contributed by atoms with Gasteiger partial charge in [0.15, 0.2) is 0 Å². The van der Waals surface area contributed by atoms with Crippen LogP contribution in [0.25, 0.3) is 5.76 Å². The quantitative estimate of drug-likeness (QED) is 0.649. The fraction of sp³-hybridized carbons (Fsp3) is 0.348. The largest absolute Gasteiger partial charge is 0.508 e. The third kappa shape index (κ3) is 7.84. The molecule has 0 amide bonds. The summed E-state index contributed by atoms with van der Waals surface area (Å²) in [5, 5.41) is 9.82. The monoisotopic (exact) mass is 338 g/mol. The van der Waals surface area contributed by atoms with E-state index in [1.807, 2.05) is 56.3 Å². The third-order valence-electron chi connectivity index (χ3n) is 3.93. The first-order chi connectivity index (χ1) is 12.0. The Morgan fingerprint density at radius 3 is 2.32 bits per heavy atom. The van der Waals surface area contributed by atoms with Crippen LogP contribution < -0.4 is 0 Å². The fourth-order valence-corrected chi connectivity index (χ4v) is 2.51. The molecule has 2 rings (SSSR count). The topological polar surface area (TPSA) is 37.3 Å². The van der Waals surface area contributed by atoms with Crippen molar-refractivity contribution in [3.05, 3.63) is 76.9 Å². The Bertz CT molecular complexity index is 684. The van der Waals surface area contributed by atoms with Gasteiger partial charge >= 0.3 is 0 Å². The molecule has 0 unspecified atom stereocenters. The second-order valence-electron chi connectivity index (χ2n) is 6.20. The molecule has 0 aliphatic carbocycles. The minimum Gasteiger partial charge on any atom is -0.508 e. The number of aliphatic hydroxyl groups is 1. The van der Waals surface area contributed by atoms with E-state index < -0.39 is 0 Å². The van der Waals surface area contributed by atoms with Crippen molar-refractivity contribution in [1.82, 2.24) is 0 Å². The van der Waals surface area contributed by atoms with Gasteiger partial charge in [-0.1, -0.05) is 61.9 Å². The number of allylic oxidation sites excluding steroid dienone is 1. The van der Waals surface area contributed by atoms with Crippen molar-refractivity contribution < 1.29 is 9.90 Å². The highest BCUT2D eigenvalue weighted by Gasteiger charge is 2.04. The lowest BCUT2D eigenvalue weighted by atomic mass is 10.0. The Labute approximate surface area is 152 Å². The van der Waals surface area contributed by atoms with E-state index in [0.717, 1.165) is 24.8 Å². The van der Waals surface area contributed by atoms with Gasteiger partial charge in [-0.25, -0.2) is 0 Å². The zero-order chi connectivity index (χ0) is 18.7. The van der Waals surface area contributed by atoms with Crippen LogP contribution in [-0.4, -0.2) is 10.9 Å². The molecule has 1 N–H and O–H groups in total. The molecule has 0 fully saturated rings. The third-order valence-corrected chi connectivity index (χ3v) is 3.93. The predicted octanol–water partition coefficient (Wildman–Crippen LogP) is 6.07. The molecule has 0 atom stereocenters. The molecule has 0 aliphatic rings. The van der Waals surface area contributed by atoms with Gasteiger partial charge in [0.1, 0.15) is 11.5 Å². The first kappa shape index (κ1) is 20.7. The Balaban J connectivity index is 0.000000257. The van der Waals surface area contributed by atoms with E-state index >= 15 is 0 Å². The molecule has 0 aliphatic heterocycles. The maximum absolute atomic E-state index is 10.6. The van der Waals surface area contributed by atoms with Crippen LogP contribution in [0.3, 0.4) is 0 Å². The summed E-state index contributed by atoms with van der Waals surface area (Å²) < 4.78 is 0. The van der Waals surface area contributed by atoms with Crippen LogP contribution in [0.15, 0.2) is 54.6 Å². The van der Waals surface area contributed by atoms with Crippen LogP contribution in [-0.2, 0) is 17.6 Å². The van der Waals surface area contributed by atoms with E-state index in [-0.39, 0.29) is 5.78 Å². The van der Waals surface area contributed by atoms with Crippen LogP contribution in [0.4, 0.5) is 0 Å². The molecule has 0 heterocycles. The molecule has 134 valence electrons. The normalized spacial score (nSPS) is 10.8. The van der Waals surface area contributed by atoms with E-state index in [1.165, 1.54) is 16.7 Å². The molecular weight excluding hydrogens is 308 g/mol. The number of hydrogen-bond donors (Lipinski definition) is 1. The van der Waals surface area contributed by atoms with Crippen molar-refractivity contribution in [3.8, 4) is 0 Å². The van der Waals surface area contributed by atoms with E-state index in [0.29, 0.717) is 12.2 Å². The number of aryl methyl sites for hydroxylation is 3. The van der Waals surface area contributed by atoms with E-state index in [2.05, 4.69) is 19.1 Å². The smallest absolute Gasteiger partial charge is 0.130 e. The van der Waals surface area contributed by atoms with E-state index in [9.17, 15) is 9.90 Å². The second-order valence-corrected chi connectivity index (χ2v) is 6.20. The summed E-state index contributed by atoms with van der Waals surface area (Å²) in [7, 11) is 0. The van der Waals surface area contributed by atoms with Gasteiger partial charge in [-0.15, -0.1) is 0 Å². The Hall–Kier alpha value is -2.35. The van der Waals surface area contributed by atoms with Crippen molar-refractivity contribution in [1.29, 1.82) is 0 Å². The van der Waals surface area contributed by atoms with Crippen LogP contribution in [0.1, 0.15) is 55.9 Å². The van der Waals surface area contributed by atoms with Gasteiger partial charge in [0.25, 0.3) is 0 Å². The molecule has 0 radical (unpaired) electrons. The second kappa shape index (κ2) is 11.2. The molecule has 0 aromatic heterocycles. The van der Waals surface area contributed by atoms with Gasteiger partial charge in [0.05, 0.1) is 0 Å². The maximum Gasteiger partial charge on any atom is 0.130 e. The number of hydrogen-bond acceptors (Lipinski definition) is 2. The summed E-state index contributed by atoms with van der Waals surface area (Å²) in [5.41, 5.74) is 4.61. The zero-order valence-corrected chi connectivity index (χ0v) is 15.9. The highest BCUT2D eigenvalue weighted by molar-refractivity contribution is 5.75. The fourth-order valence-electron chi connectivity index (χ4n) is 2.51. The summed E-state index contributed by atoms with van der Waals surface area (Å²) in [6.07, 6.45) is 5.20. The maximum atomic E-state index is 10.6. The molecule has 25 heavy (non-hydrogen) atoms. The van der Waals surface area contributed by atoms with Gasteiger partial charge in [-0.2, -0.15) is 0 Å². The van der Waals surface area contributed by atoms with Crippen LogP contribution in [0, 0.1) is 6.92 Å². The number of Topliss-reactive ketones (excluding diaryl/α,β-unsaturated/α-hetero) is 1.